The molecule has 0 saturated heterocycles. The molecular weight excluding hydrogens is 304 g/mol. The van der Waals surface area contributed by atoms with Gasteiger partial charge in [-0.1, -0.05) is 0 Å². The zero-order valence-electron chi connectivity index (χ0n) is 12.9. The fraction of sp³-hybridized carbons (Fsp3) is 0.438. The van der Waals surface area contributed by atoms with Gasteiger partial charge in [-0.3, -0.25) is 4.79 Å². The molecule has 4 N–H and O–H groups in total. The van der Waals surface area contributed by atoms with Crippen LogP contribution in [0.25, 0.3) is 11.0 Å². The Labute approximate surface area is 132 Å². The topological polar surface area (TPSA) is 120 Å². The lowest BCUT2D eigenvalue weighted by molar-refractivity contribution is -0.136. The van der Waals surface area contributed by atoms with Crippen LogP contribution >= 0.6 is 0 Å². The molecule has 0 amide bonds. The number of carbonyl (C=O) groups is 1. The highest BCUT2D eigenvalue weighted by Crippen LogP contribution is 2.38. The molecule has 0 aliphatic carbocycles. The number of benzene rings is 1. The maximum absolute atomic E-state index is 10.8. The Kier molecular flexibility index (Phi) is 4.82. The molecule has 0 spiro atoms. The first-order valence-electron chi connectivity index (χ1n) is 7.18. The summed E-state index contributed by atoms with van der Waals surface area (Å²) < 4.78 is 10.7. The Morgan fingerprint density at radius 2 is 2.13 bits per heavy atom. The molecular formula is C16H20O7. The zero-order valence-corrected chi connectivity index (χ0v) is 12.9. The van der Waals surface area contributed by atoms with Crippen LogP contribution in [-0.2, 0) is 11.2 Å². The van der Waals surface area contributed by atoms with E-state index in [2.05, 4.69) is 0 Å². The minimum atomic E-state index is -1.32. The summed E-state index contributed by atoms with van der Waals surface area (Å²) in [5.74, 6) is -1.02. The minimum Gasteiger partial charge on any atom is -0.507 e. The summed E-state index contributed by atoms with van der Waals surface area (Å²) in [7, 11) is 0. The summed E-state index contributed by atoms with van der Waals surface area (Å²) in [4.78, 5) is 10.8. The molecule has 7 nitrogen and oxygen atoms in total. The van der Waals surface area contributed by atoms with E-state index in [0.29, 0.717) is 11.0 Å². The molecule has 23 heavy (non-hydrogen) atoms. The number of aliphatic carboxylic acids is 1. The van der Waals surface area contributed by atoms with E-state index in [4.69, 9.17) is 14.3 Å². The normalized spacial score (nSPS) is 13.2. The molecule has 1 atom stereocenters. The lowest BCUT2D eigenvalue weighted by atomic mass is 10.0. The molecule has 7 heteroatoms. The number of aliphatic hydroxyl groups is 2. The van der Waals surface area contributed by atoms with Crippen molar-refractivity contribution in [2.75, 3.05) is 0 Å². The molecule has 0 aliphatic rings. The quantitative estimate of drug-likeness (QED) is 0.575. The van der Waals surface area contributed by atoms with Crippen LogP contribution in [0.5, 0.6) is 11.5 Å². The number of hydrogen-bond donors (Lipinski definition) is 4. The van der Waals surface area contributed by atoms with Gasteiger partial charge in [-0.25, -0.2) is 0 Å². The highest BCUT2D eigenvalue weighted by atomic mass is 16.6. The fourth-order valence-electron chi connectivity index (χ4n) is 2.32. The Morgan fingerprint density at radius 3 is 2.74 bits per heavy atom. The number of ether oxygens (including phenoxy) is 1. The van der Waals surface area contributed by atoms with Crippen molar-refractivity contribution in [3.8, 4) is 11.5 Å². The van der Waals surface area contributed by atoms with Crippen molar-refractivity contribution in [3.63, 3.8) is 0 Å². The van der Waals surface area contributed by atoms with Gasteiger partial charge in [-0.05, 0) is 26.3 Å². The highest BCUT2D eigenvalue weighted by molar-refractivity contribution is 5.87. The third-order valence-electron chi connectivity index (χ3n) is 3.31. The van der Waals surface area contributed by atoms with Gasteiger partial charge in [0.1, 0.15) is 17.1 Å². The molecule has 1 unspecified atom stereocenters. The largest absolute Gasteiger partial charge is 0.507 e. The average Bonchev–Trinajstić information content (AvgIpc) is 2.83. The van der Waals surface area contributed by atoms with Gasteiger partial charge in [-0.15, -0.1) is 0 Å². The van der Waals surface area contributed by atoms with Crippen LogP contribution in [0.1, 0.15) is 32.3 Å². The van der Waals surface area contributed by atoms with E-state index in [0.717, 1.165) is 0 Å². The van der Waals surface area contributed by atoms with Crippen molar-refractivity contribution in [1.29, 1.82) is 0 Å². The lowest BCUT2D eigenvalue weighted by Gasteiger charge is -2.23. The molecule has 2 aromatic rings. The first kappa shape index (κ1) is 17.1. The first-order chi connectivity index (χ1) is 10.7. The van der Waals surface area contributed by atoms with Gasteiger partial charge in [-0.2, -0.15) is 0 Å². The summed E-state index contributed by atoms with van der Waals surface area (Å²) in [6.45, 7) is 3.06. The van der Waals surface area contributed by atoms with Gasteiger partial charge in [0.25, 0.3) is 0 Å². The Hall–Kier alpha value is -2.25. The van der Waals surface area contributed by atoms with Gasteiger partial charge in [0.05, 0.1) is 17.3 Å². The summed E-state index contributed by atoms with van der Waals surface area (Å²) in [5.41, 5.74) is -0.518. The van der Waals surface area contributed by atoms with Gasteiger partial charge in [0, 0.05) is 24.5 Å². The van der Waals surface area contributed by atoms with E-state index in [-0.39, 0.29) is 36.3 Å². The van der Waals surface area contributed by atoms with Crippen molar-refractivity contribution >= 4 is 16.9 Å². The predicted molar refractivity (Wildman–Crippen MR) is 81.4 cm³/mol. The van der Waals surface area contributed by atoms with Gasteiger partial charge in [0.2, 0.25) is 0 Å². The summed E-state index contributed by atoms with van der Waals surface area (Å²) in [6.07, 6.45) is -0.138. The second-order valence-electron chi connectivity index (χ2n) is 6.02. The smallest absolute Gasteiger partial charge is 0.303 e. The van der Waals surface area contributed by atoms with E-state index < -0.39 is 17.9 Å². The van der Waals surface area contributed by atoms with Gasteiger partial charge in [0.15, 0.2) is 6.29 Å². The number of furan rings is 1. The maximum atomic E-state index is 10.8. The van der Waals surface area contributed by atoms with Gasteiger partial charge >= 0.3 is 5.97 Å². The highest BCUT2D eigenvalue weighted by Gasteiger charge is 2.24. The lowest BCUT2D eigenvalue weighted by Crippen LogP contribution is -2.29. The number of phenols is 1. The van der Waals surface area contributed by atoms with E-state index >= 15 is 0 Å². The Bertz CT molecular complexity index is 696. The molecule has 1 heterocycles. The molecule has 0 saturated carbocycles. The van der Waals surface area contributed by atoms with Crippen LogP contribution in [0.2, 0.25) is 0 Å². The standard InChI is InChI=1S/C16H20O7/c1-16(2,21)8-14(20)23-15-9(3-4-13(18)19)11(17)7-12-10(15)5-6-22-12/h5-7,14,17,20-21H,3-4,8H2,1-2H3,(H,18,19). The first-order valence-corrected chi connectivity index (χ1v) is 7.18. The number of hydrogen-bond acceptors (Lipinski definition) is 6. The summed E-state index contributed by atoms with van der Waals surface area (Å²) in [6, 6.07) is 2.98. The summed E-state index contributed by atoms with van der Waals surface area (Å²) >= 11 is 0. The number of rotatable bonds is 7. The molecule has 0 aliphatic heterocycles. The van der Waals surface area contributed by atoms with E-state index in [1.165, 1.54) is 26.2 Å². The molecule has 0 bridgehead atoms. The number of aliphatic hydroxyl groups excluding tert-OH is 1. The minimum absolute atomic E-state index is 0.0346. The average molecular weight is 324 g/mol. The van der Waals surface area contributed by atoms with Crippen molar-refractivity contribution in [2.45, 2.75) is 45.0 Å². The number of phenolic OH excluding ortho intramolecular Hbond substituents is 1. The molecule has 0 fully saturated rings. The van der Waals surface area contributed by atoms with Crippen molar-refractivity contribution < 1.29 is 34.4 Å². The second kappa shape index (κ2) is 6.47. The second-order valence-corrected chi connectivity index (χ2v) is 6.02. The Balaban J connectivity index is 2.39. The van der Waals surface area contributed by atoms with E-state index in [9.17, 15) is 20.1 Å². The summed E-state index contributed by atoms with van der Waals surface area (Å²) in [5, 5.41) is 39.2. The SMILES string of the molecule is CC(C)(O)CC(O)Oc1c(CCC(=O)O)c(O)cc2occc12. The molecule has 0 radical (unpaired) electrons. The van der Waals surface area contributed by atoms with E-state index in [1.807, 2.05) is 0 Å². The molecule has 1 aromatic heterocycles. The van der Waals surface area contributed by atoms with Crippen molar-refractivity contribution in [3.05, 3.63) is 24.0 Å². The number of fused-ring (bicyclic) bond motifs is 1. The van der Waals surface area contributed by atoms with Crippen molar-refractivity contribution in [2.24, 2.45) is 0 Å². The fourth-order valence-corrected chi connectivity index (χ4v) is 2.32. The van der Waals surface area contributed by atoms with Crippen LogP contribution < -0.4 is 4.74 Å². The maximum Gasteiger partial charge on any atom is 0.303 e. The number of carboxylic acid groups (broad SMARTS) is 1. The van der Waals surface area contributed by atoms with Crippen LogP contribution in [-0.4, -0.2) is 38.3 Å². The van der Waals surface area contributed by atoms with Crippen LogP contribution in [0.4, 0.5) is 0 Å². The molecule has 126 valence electrons. The van der Waals surface area contributed by atoms with Crippen LogP contribution in [0.15, 0.2) is 22.8 Å². The Morgan fingerprint density at radius 1 is 1.43 bits per heavy atom. The third-order valence-corrected chi connectivity index (χ3v) is 3.31. The van der Waals surface area contributed by atoms with Crippen molar-refractivity contribution in [1.82, 2.24) is 0 Å². The van der Waals surface area contributed by atoms with E-state index in [1.54, 1.807) is 6.07 Å². The third kappa shape index (κ3) is 4.37. The van der Waals surface area contributed by atoms with Crippen LogP contribution in [0, 0.1) is 0 Å². The molecule has 1 aromatic carbocycles. The van der Waals surface area contributed by atoms with Crippen LogP contribution in [0.3, 0.4) is 0 Å². The van der Waals surface area contributed by atoms with Gasteiger partial charge < -0.3 is 29.6 Å². The number of carboxylic acids is 1. The molecule has 2 rings (SSSR count). The predicted octanol–water partition coefficient (Wildman–Crippen LogP) is 2.01. The monoisotopic (exact) mass is 324 g/mol. The number of aromatic hydroxyl groups is 1. The zero-order chi connectivity index (χ0) is 17.2.